The molecule has 1 atom stereocenters. The van der Waals surface area contributed by atoms with E-state index in [1.54, 1.807) is 0 Å². The maximum atomic E-state index is 13.2. The van der Waals surface area contributed by atoms with Crippen LogP contribution in [0, 0.1) is 0 Å². The molecule has 0 radical (unpaired) electrons. The van der Waals surface area contributed by atoms with Crippen molar-refractivity contribution >= 4 is 11.6 Å². The number of aliphatic hydroxyl groups is 1. The van der Waals surface area contributed by atoms with E-state index in [1.807, 2.05) is 76.7 Å². The fraction of sp³-hybridized carbons (Fsp3) is 0.611. The lowest BCUT2D eigenvalue weighted by Crippen LogP contribution is -2.43. The highest BCUT2D eigenvalue weighted by Gasteiger charge is 2.28. The Morgan fingerprint density at radius 2 is 1.68 bits per heavy atom. The molecule has 1 amide bonds. The first-order valence-corrected chi connectivity index (χ1v) is 8.03. The topological polar surface area (TPSA) is 43.8 Å². The molecule has 0 aliphatic rings. The maximum Gasteiger partial charge on any atom is 0.256 e. The van der Waals surface area contributed by atoms with Gasteiger partial charge in [-0.2, -0.15) is 0 Å². The van der Waals surface area contributed by atoms with Gasteiger partial charge in [0.15, 0.2) is 0 Å². The van der Waals surface area contributed by atoms with Crippen LogP contribution < -0.4 is 4.90 Å². The van der Waals surface area contributed by atoms with Crippen LogP contribution >= 0.6 is 0 Å². The molecule has 0 bridgehead atoms. The van der Waals surface area contributed by atoms with Crippen molar-refractivity contribution in [3.8, 4) is 0 Å². The molecule has 0 heterocycles. The highest BCUT2D eigenvalue weighted by molar-refractivity contribution is 6.01. The molecule has 4 heteroatoms. The summed E-state index contributed by atoms with van der Waals surface area (Å²) in [6.45, 7) is 10.0. The number of hydrogen-bond acceptors (Lipinski definition) is 3. The van der Waals surface area contributed by atoms with Crippen LogP contribution in [-0.4, -0.2) is 42.1 Å². The Bertz CT molecular complexity index is 502. The highest BCUT2D eigenvalue weighted by Crippen LogP contribution is 2.30. The van der Waals surface area contributed by atoms with Crippen LogP contribution in [0.25, 0.3) is 0 Å². The van der Waals surface area contributed by atoms with Crippen LogP contribution in [0.5, 0.6) is 0 Å². The van der Waals surface area contributed by atoms with Gasteiger partial charge in [-0.05, 0) is 45.7 Å². The van der Waals surface area contributed by atoms with E-state index in [2.05, 4.69) is 0 Å². The van der Waals surface area contributed by atoms with Crippen molar-refractivity contribution in [3.05, 3.63) is 29.3 Å². The van der Waals surface area contributed by atoms with Crippen LogP contribution in [0.2, 0.25) is 0 Å². The smallest absolute Gasteiger partial charge is 0.256 e. The van der Waals surface area contributed by atoms with Crippen LogP contribution in [0.3, 0.4) is 0 Å². The van der Waals surface area contributed by atoms with Gasteiger partial charge in [0.25, 0.3) is 5.91 Å². The average Bonchev–Trinajstić information content (AvgIpc) is 2.44. The molecule has 0 aliphatic heterocycles. The van der Waals surface area contributed by atoms with Crippen molar-refractivity contribution in [3.63, 3.8) is 0 Å². The minimum Gasteiger partial charge on any atom is -0.388 e. The summed E-state index contributed by atoms with van der Waals surface area (Å²) in [5.41, 5.74) is 2.18. The number of rotatable bonds is 6. The zero-order chi connectivity index (χ0) is 17.0. The highest BCUT2D eigenvalue weighted by atomic mass is 16.3. The maximum absolute atomic E-state index is 13.2. The number of amides is 1. The monoisotopic (exact) mass is 306 g/mol. The number of carbonyl (C=O) groups is 1. The third-order valence-electron chi connectivity index (χ3n) is 3.86. The van der Waals surface area contributed by atoms with E-state index in [0.717, 1.165) is 5.69 Å². The van der Waals surface area contributed by atoms with Crippen LogP contribution in [0.1, 0.15) is 63.1 Å². The van der Waals surface area contributed by atoms with Gasteiger partial charge in [-0.15, -0.1) is 0 Å². The van der Waals surface area contributed by atoms with E-state index in [0.29, 0.717) is 17.5 Å². The summed E-state index contributed by atoms with van der Waals surface area (Å²) in [6.07, 6.45) is -0.0411. The van der Waals surface area contributed by atoms with E-state index in [4.69, 9.17) is 0 Å². The molecule has 0 fully saturated rings. The van der Waals surface area contributed by atoms with Gasteiger partial charge in [0.1, 0.15) is 0 Å². The second kappa shape index (κ2) is 7.63. The fourth-order valence-electron chi connectivity index (χ4n) is 2.86. The van der Waals surface area contributed by atoms with Crippen LogP contribution in [-0.2, 0) is 0 Å². The summed E-state index contributed by atoms with van der Waals surface area (Å²) in [5, 5.41) is 10.3. The lowest BCUT2D eigenvalue weighted by Gasteiger charge is -2.33. The molecule has 0 spiro atoms. The molecule has 0 saturated carbocycles. The fourth-order valence-corrected chi connectivity index (χ4v) is 2.86. The standard InChI is InChI=1S/C18H30N2O2/c1-8-16(21)14-10-9-11-15(19(6)7)17(14)18(22)20(12(2)3)13(4)5/h9-13,16,21H,8H2,1-7H3/t16-/m0/s1. The largest absolute Gasteiger partial charge is 0.388 e. The lowest BCUT2D eigenvalue weighted by atomic mass is 9.96. The Morgan fingerprint density at radius 3 is 2.09 bits per heavy atom. The van der Waals surface area contributed by atoms with Crippen molar-refractivity contribution in [2.75, 3.05) is 19.0 Å². The first-order valence-electron chi connectivity index (χ1n) is 8.03. The van der Waals surface area contributed by atoms with Gasteiger partial charge in [-0.25, -0.2) is 0 Å². The summed E-state index contributed by atoms with van der Waals surface area (Å²) in [7, 11) is 3.84. The first kappa shape index (κ1) is 18.5. The van der Waals surface area contributed by atoms with Gasteiger partial charge in [-0.3, -0.25) is 4.79 Å². The number of hydrogen-bond donors (Lipinski definition) is 1. The molecular weight excluding hydrogens is 276 g/mol. The average molecular weight is 306 g/mol. The van der Waals surface area contributed by atoms with Crippen LogP contribution in [0.4, 0.5) is 5.69 Å². The number of benzene rings is 1. The normalized spacial score (nSPS) is 12.6. The molecule has 22 heavy (non-hydrogen) atoms. The molecule has 0 aliphatic carbocycles. The molecule has 4 nitrogen and oxygen atoms in total. The van der Waals surface area contributed by atoms with Gasteiger partial charge in [-0.1, -0.05) is 19.1 Å². The molecule has 124 valence electrons. The number of nitrogens with zero attached hydrogens (tertiary/aromatic N) is 2. The summed E-state index contributed by atoms with van der Waals surface area (Å²) < 4.78 is 0. The van der Waals surface area contributed by atoms with E-state index in [-0.39, 0.29) is 18.0 Å². The zero-order valence-electron chi connectivity index (χ0n) is 14.9. The molecule has 1 aromatic carbocycles. The molecule has 1 rings (SSSR count). The third-order valence-corrected chi connectivity index (χ3v) is 3.86. The van der Waals surface area contributed by atoms with Crippen molar-refractivity contribution in [1.29, 1.82) is 0 Å². The minimum absolute atomic E-state index is 0.0169. The number of anilines is 1. The van der Waals surface area contributed by atoms with Crippen molar-refractivity contribution in [2.45, 2.75) is 59.2 Å². The summed E-state index contributed by atoms with van der Waals surface area (Å²) in [6, 6.07) is 5.89. The molecule has 0 aromatic heterocycles. The Labute approximate surface area is 134 Å². The van der Waals surface area contributed by atoms with E-state index in [9.17, 15) is 9.90 Å². The van der Waals surface area contributed by atoms with E-state index >= 15 is 0 Å². The molecule has 0 unspecified atom stereocenters. The van der Waals surface area contributed by atoms with Crippen LogP contribution in [0.15, 0.2) is 18.2 Å². The quantitative estimate of drug-likeness (QED) is 0.875. The second-order valence-electron chi connectivity index (χ2n) is 6.46. The molecule has 1 aromatic rings. The van der Waals surface area contributed by atoms with Gasteiger partial charge in [0.2, 0.25) is 0 Å². The Kier molecular flexibility index (Phi) is 6.42. The van der Waals surface area contributed by atoms with Crippen molar-refractivity contribution in [1.82, 2.24) is 4.90 Å². The molecular formula is C18H30N2O2. The summed E-state index contributed by atoms with van der Waals surface area (Å²) >= 11 is 0. The summed E-state index contributed by atoms with van der Waals surface area (Å²) in [4.78, 5) is 17.0. The Balaban J connectivity index is 3.50. The second-order valence-corrected chi connectivity index (χ2v) is 6.46. The van der Waals surface area contributed by atoms with Crippen molar-refractivity contribution < 1.29 is 9.90 Å². The lowest BCUT2D eigenvalue weighted by molar-refractivity contribution is 0.0637. The van der Waals surface area contributed by atoms with E-state index < -0.39 is 6.10 Å². The van der Waals surface area contributed by atoms with Gasteiger partial charge < -0.3 is 14.9 Å². The predicted molar refractivity (Wildman–Crippen MR) is 92.5 cm³/mol. The molecule has 0 saturated heterocycles. The van der Waals surface area contributed by atoms with Gasteiger partial charge in [0.05, 0.1) is 11.7 Å². The Morgan fingerprint density at radius 1 is 1.14 bits per heavy atom. The van der Waals surface area contributed by atoms with Gasteiger partial charge in [0, 0.05) is 31.9 Å². The first-order chi connectivity index (χ1) is 10.2. The summed E-state index contributed by atoms with van der Waals surface area (Å²) in [5.74, 6) is -0.0169. The SMILES string of the molecule is CC[C@H](O)c1cccc(N(C)C)c1C(=O)N(C(C)C)C(C)C. The minimum atomic E-state index is -0.625. The zero-order valence-corrected chi connectivity index (χ0v) is 14.9. The Hall–Kier alpha value is -1.55. The predicted octanol–water partition coefficient (Wildman–Crippen LogP) is 3.46. The van der Waals surface area contributed by atoms with Crippen molar-refractivity contribution in [2.24, 2.45) is 0 Å². The van der Waals surface area contributed by atoms with E-state index in [1.165, 1.54) is 0 Å². The number of carbonyl (C=O) groups excluding carboxylic acids is 1. The van der Waals surface area contributed by atoms with Gasteiger partial charge >= 0.3 is 0 Å². The third kappa shape index (κ3) is 3.80. The molecule has 1 N–H and O–H groups in total. The number of aliphatic hydroxyl groups excluding tert-OH is 1.